The summed E-state index contributed by atoms with van der Waals surface area (Å²) in [7, 11) is 0. The Bertz CT molecular complexity index is 939. The number of nitro benzene ring substituents is 1. The number of para-hydroxylation sites is 1. The van der Waals surface area contributed by atoms with Crippen molar-refractivity contribution in [3.05, 3.63) is 63.5 Å². The third-order valence-electron chi connectivity index (χ3n) is 3.34. The van der Waals surface area contributed by atoms with Crippen LogP contribution in [0.15, 0.2) is 36.4 Å². The highest BCUT2D eigenvalue weighted by molar-refractivity contribution is 7.22. The molecule has 0 aliphatic rings. The molecule has 0 fully saturated rings. The summed E-state index contributed by atoms with van der Waals surface area (Å²) < 4.78 is 14.2. The van der Waals surface area contributed by atoms with Gasteiger partial charge in [-0.25, -0.2) is 9.37 Å². The minimum absolute atomic E-state index is 0.131. The molecular weight excluding hydrogens is 321 g/mol. The van der Waals surface area contributed by atoms with Crippen molar-refractivity contribution < 1.29 is 14.1 Å². The van der Waals surface area contributed by atoms with E-state index in [2.05, 4.69) is 10.3 Å². The summed E-state index contributed by atoms with van der Waals surface area (Å²) in [5.74, 6) is -0.989. The fourth-order valence-corrected chi connectivity index (χ4v) is 3.08. The number of nitro groups is 1. The fraction of sp³-hybridized carbons (Fsp3) is 0.0667. The Balaban J connectivity index is 1.93. The fourth-order valence-electron chi connectivity index (χ4n) is 2.20. The zero-order chi connectivity index (χ0) is 16.6. The smallest absolute Gasteiger partial charge is 0.273 e. The molecule has 0 saturated heterocycles. The summed E-state index contributed by atoms with van der Waals surface area (Å²) in [5.41, 5.74) is 0.498. The minimum atomic E-state index is -0.542. The number of hydrogen-bond donors (Lipinski definition) is 1. The van der Waals surface area contributed by atoms with Gasteiger partial charge in [0, 0.05) is 17.2 Å². The molecule has 6 nitrogen and oxygen atoms in total. The molecule has 0 saturated carbocycles. The van der Waals surface area contributed by atoms with E-state index in [9.17, 15) is 19.3 Å². The first-order valence-corrected chi connectivity index (χ1v) is 7.39. The van der Waals surface area contributed by atoms with Gasteiger partial charge in [0.25, 0.3) is 11.6 Å². The molecule has 23 heavy (non-hydrogen) atoms. The molecule has 0 radical (unpaired) electrons. The monoisotopic (exact) mass is 331 g/mol. The molecule has 0 atom stereocenters. The SMILES string of the molecule is Cc1c(C(=O)Nc2nc3c(F)cccc3s2)cccc1[N+](=O)[O-]. The predicted octanol–water partition coefficient (Wildman–Crippen LogP) is 3.90. The second kappa shape index (κ2) is 5.73. The minimum Gasteiger partial charge on any atom is -0.298 e. The van der Waals surface area contributed by atoms with Crippen LogP contribution in [0.25, 0.3) is 10.2 Å². The third kappa shape index (κ3) is 2.76. The highest BCUT2D eigenvalue weighted by Crippen LogP contribution is 2.28. The maximum absolute atomic E-state index is 13.6. The van der Waals surface area contributed by atoms with Gasteiger partial charge in [0.1, 0.15) is 11.3 Å². The first kappa shape index (κ1) is 15.0. The molecule has 116 valence electrons. The van der Waals surface area contributed by atoms with Crippen LogP contribution in [0.2, 0.25) is 0 Å². The second-order valence-electron chi connectivity index (χ2n) is 4.77. The molecular formula is C15H10FN3O3S. The van der Waals surface area contributed by atoms with Crippen LogP contribution in [-0.4, -0.2) is 15.8 Å². The quantitative estimate of drug-likeness (QED) is 0.582. The van der Waals surface area contributed by atoms with E-state index < -0.39 is 16.6 Å². The molecule has 0 spiro atoms. The van der Waals surface area contributed by atoms with Crippen LogP contribution in [0.3, 0.4) is 0 Å². The van der Waals surface area contributed by atoms with Crippen molar-refractivity contribution in [1.29, 1.82) is 0 Å². The average Bonchev–Trinajstić information content (AvgIpc) is 2.91. The van der Waals surface area contributed by atoms with Crippen molar-refractivity contribution in [1.82, 2.24) is 4.98 Å². The number of halogens is 1. The number of thiazole rings is 1. The largest absolute Gasteiger partial charge is 0.298 e. The Labute approximate surface area is 133 Å². The maximum Gasteiger partial charge on any atom is 0.273 e. The lowest BCUT2D eigenvalue weighted by Gasteiger charge is -2.05. The maximum atomic E-state index is 13.6. The normalized spacial score (nSPS) is 10.7. The molecule has 0 bridgehead atoms. The molecule has 0 aliphatic heterocycles. The summed E-state index contributed by atoms with van der Waals surface area (Å²) in [6.45, 7) is 1.51. The van der Waals surface area contributed by atoms with E-state index in [4.69, 9.17) is 0 Å². The highest BCUT2D eigenvalue weighted by Gasteiger charge is 2.19. The lowest BCUT2D eigenvalue weighted by Crippen LogP contribution is -2.13. The summed E-state index contributed by atoms with van der Waals surface area (Å²) in [6.07, 6.45) is 0. The summed E-state index contributed by atoms with van der Waals surface area (Å²) in [4.78, 5) is 26.7. The highest BCUT2D eigenvalue weighted by atomic mass is 32.1. The number of carbonyl (C=O) groups excluding carboxylic acids is 1. The molecule has 3 rings (SSSR count). The summed E-state index contributed by atoms with van der Waals surface area (Å²) in [5, 5.41) is 13.7. The van der Waals surface area contributed by atoms with Gasteiger partial charge >= 0.3 is 0 Å². The number of carbonyl (C=O) groups is 1. The van der Waals surface area contributed by atoms with Crippen molar-refractivity contribution >= 4 is 38.3 Å². The Kier molecular flexibility index (Phi) is 3.75. The molecule has 0 aliphatic carbocycles. The Morgan fingerprint density at radius 1 is 1.30 bits per heavy atom. The van der Waals surface area contributed by atoms with Gasteiger partial charge in [-0.1, -0.05) is 23.5 Å². The van der Waals surface area contributed by atoms with E-state index in [-0.39, 0.29) is 27.5 Å². The molecule has 1 heterocycles. The van der Waals surface area contributed by atoms with E-state index in [1.54, 1.807) is 12.1 Å². The van der Waals surface area contributed by atoms with E-state index in [1.807, 2.05) is 0 Å². The van der Waals surface area contributed by atoms with Gasteiger partial charge < -0.3 is 0 Å². The number of fused-ring (bicyclic) bond motifs is 1. The van der Waals surface area contributed by atoms with Crippen LogP contribution in [0.4, 0.5) is 15.2 Å². The summed E-state index contributed by atoms with van der Waals surface area (Å²) >= 11 is 1.13. The van der Waals surface area contributed by atoms with E-state index in [1.165, 1.54) is 31.2 Å². The third-order valence-corrected chi connectivity index (χ3v) is 4.27. The Hall–Kier alpha value is -2.87. The average molecular weight is 331 g/mol. The van der Waals surface area contributed by atoms with Crippen molar-refractivity contribution in [3.63, 3.8) is 0 Å². The second-order valence-corrected chi connectivity index (χ2v) is 5.80. The van der Waals surface area contributed by atoms with Gasteiger partial charge in [0.05, 0.1) is 9.62 Å². The number of amides is 1. The van der Waals surface area contributed by atoms with Gasteiger partial charge in [0.2, 0.25) is 0 Å². The topological polar surface area (TPSA) is 85.1 Å². The Morgan fingerprint density at radius 3 is 2.74 bits per heavy atom. The Morgan fingerprint density at radius 2 is 2.04 bits per heavy atom. The van der Waals surface area contributed by atoms with E-state index >= 15 is 0 Å². The number of hydrogen-bond acceptors (Lipinski definition) is 5. The standard InChI is InChI=1S/C15H10FN3O3S/c1-8-9(4-2-6-11(8)19(21)22)14(20)18-15-17-13-10(16)5-3-7-12(13)23-15/h2-7H,1H3,(H,17,18,20). The van der Waals surface area contributed by atoms with Crippen LogP contribution >= 0.6 is 11.3 Å². The zero-order valence-electron chi connectivity index (χ0n) is 11.9. The predicted molar refractivity (Wildman–Crippen MR) is 85.4 cm³/mol. The van der Waals surface area contributed by atoms with Gasteiger partial charge in [-0.2, -0.15) is 0 Å². The van der Waals surface area contributed by atoms with Gasteiger partial charge in [-0.3, -0.25) is 20.2 Å². The summed E-state index contributed by atoms with van der Waals surface area (Å²) in [6, 6.07) is 8.82. The van der Waals surface area contributed by atoms with Crippen LogP contribution < -0.4 is 5.32 Å². The number of nitrogens with zero attached hydrogens (tertiary/aromatic N) is 2. The van der Waals surface area contributed by atoms with Gasteiger partial charge in [0.15, 0.2) is 5.13 Å². The molecule has 1 amide bonds. The number of rotatable bonds is 3. The first-order valence-electron chi connectivity index (χ1n) is 6.58. The first-order chi connectivity index (χ1) is 11.0. The van der Waals surface area contributed by atoms with Crippen LogP contribution in [-0.2, 0) is 0 Å². The van der Waals surface area contributed by atoms with Crippen LogP contribution in [0, 0.1) is 22.9 Å². The van der Waals surface area contributed by atoms with E-state index in [0.29, 0.717) is 4.70 Å². The molecule has 8 heteroatoms. The molecule has 1 aromatic heterocycles. The van der Waals surface area contributed by atoms with Crippen LogP contribution in [0.5, 0.6) is 0 Å². The molecule has 3 aromatic rings. The van der Waals surface area contributed by atoms with Crippen molar-refractivity contribution in [2.75, 3.05) is 5.32 Å². The van der Waals surface area contributed by atoms with Crippen molar-refractivity contribution in [2.24, 2.45) is 0 Å². The number of nitrogens with one attached hydrogen (secondary N) is 1. The van der Waals surface area contributed by atoms with Crippen molar-refractivity contribution in [2.45, 2.75) is 6.92 Å². The zero-order valence-corrected chi connectivity index (χ0v) is 12.7. The lowest BCUT2D eigenvalue weighted by atomic mass is 10.1. The molecule has 1 N–H and O–H groups in total. The van der Waals surface area contributed by atoms with Gasteiger partial charge in [-0.05, 0) is 25.1 Å². The van der Waals surface area contributed by atoms with Crippen molar-refractivity contribution in [3.8, 4) is 0 Å². The number of anilines is 1. The molecule has 2 aromatic carbocycles. The lowest BCUT2D eigenvalue weighted by molar-refractivity contribution is -0.385. The molecule has 0 unspecified atom stereocenters. The van der Waals surface area contributed by atoms with E-state index in [0.717, 1.165) is 11.3 Å². The number of benzene rings is 2. The van der Waals surface area contributed by atoms with Gasteiger partial charge in [-0.15, -0.1) is 0 Å². The van der Waals surface area contributed by atoms with Crippen LogP contribution in [0.1, 0.15) is 15.9 Å². The number of aromatic nitrogens is 1.